The minimum absolute atomic E-state index is 0.628. The highest BCUT2D eigenvalue weighted by atomic mass is 15.0. The van der Waals surface area contributed by atoms with Crippen LogP contribution < -0.4 is 10.6 Å². The molecule has 0 radical (unpaired) electrons. The smallest absolute Gasteiger partial charge is 0.0347 e. The number of hydrogen-bond donors (Lipinski definition) is 2. The summed E-state index contributed by atoms with van der Waals surface area (Å²) in [4.78, 5) is 4.12. The van der Waals surface area contributed by atoms with Crippen LogP contribution in [0.4, 0.5) is 5.69 Å². The van der Waals surface area contributed by atoms with Crippen LogP contribution in [0, 0.1) is 0 Å². The number of pyridine rings is 1. The molecule has 3 heteroatoms. The van der Waals surface area contributed by atoms with Gasteiger partial charge in [0, 0.05) is 36.1 Å². The fraction of sp³-hybridized carbons (Fsp3) is 0.357. The number of nitrogens with zero attached hydrogens (tertiary/aromatic N) is 1. The van der Waals surface area contributed by atoms with Crippen LogP contribution in [0.2, 0.25) is 0 Å². The molecule has 0 amide bonds. The minimum Gasteiger partial charge on any atom is -0.383 e. The van der Waals surface area contributed by atoms with Crippen molar-refractivity contribution < 1.29 is 0 Å². The maximum absolute atomic E-state index is 4.12. The Kier molecular flexibility index (Phi) is 2.92. The third-order valence-electron chi connectivity index (χ3n) is 3.36. The molecule has 1 atom stereocenters. The van der Waals surface area contributed by atoms with Crippen LogP contribution in [-0.4, -0.2) is 24.1 Å². The van der Waals surface area contributed by atoms with Crippen molar-refractivity contribution in [3.8, 4) is 0 Å². The molecule has 0 saturated carbocycles. The molecule has 0 spiro atoms. The van der Waals surface area contributed by atoms with Gasteiger partial charge in [0.05, 0.1) is 0 Å². The number of fused-ring (bicyclic) bond motifs is 1. The standard InChI is InChI=1S/C14H17N3/c1-2-14(16-6-1)10-17-13-4-3-12-9-15-7-5-11(12)8-13/h3-5,7-9,14,16-17H,1-2,6,10H2. The van der Waals surface area contributed by atoms with Gasteiger partial charge in [0.15, 0.2) is 0 Å². The van der Waals surface area contributed by atoms with E-state index in [0.717, 1.165) is 13.1 Å². The normalized spacial score (nSPS) is 19.6. The topological polar surface area (TPSA) is 37.0 Å². The van der Waals surface area contributed by atoms with Gasteiger partial charge in [-0.05, 0) is 43.0 Å². The Morgan fingerprint density at radius 1 is 1.29 bits per heavy atom. The van der Waals surface area contributed by atoms with E-state index in [1.807, 2.05) is 18.5 Å². The van der Waals surface area contributed by atoms with Gasteiger partial charge in [0.1, 0.15) is 0 Å². The van der Waals surface area contributed by atoms with Crippen molar-refractivity contribution in [2.24, 2.45) is 0 Å². The van der Waals surface area contributed by atoms with E-state index in [4.69, 9.17) is 0 Å². The maximum Gasteiger partial charge on any atom is 0.0347 e. The van der Waals surface area contributed by atoms with Crippen LogP contribution in [-0.2, 0) is 0 Å². The van der Waals surface area contributed by atoms with Gasteiger partial charge in [0.2, 0.25) is 0 Å². The SMILES string of the molecule is c1cc2cc(NCC3CCCN3)ccc2cn1. The van der Waals surface area contributed by atoms with Crippen molar-refractivity contribution in [1.29, 1.82) is 0 Å². The van der Waals surface area contributed by atoms with E-state index < -0.39 is 0 Å². The fourth-order valence-electron chi connectivity index (χ4n) is 2.37. The van der Waals surface area contributed by atoms with E-state index in [1.54, 1.807) is 0 Å². The van der Waals surface area contributed by atoms with Crippen LogP contribution in [0.15, 0.2) is 36.7 Å². The molecule has 1 aliphatic heterocycles. The molecule has 1 aliphatic rings. The second-order valence-corrected chi connectivity index (χ2v) is 4.61. The zero-order chi connectivity index (χ0) is 11.5. The molecule has 3 rings (SSSR count). The lowest BCUT2D eigenvalue weighted by molar-refractivity contribution is 0.633. The van der Waals surface area contributed by atoms with Gasteiger partial charge in [-0.15, -0.1) is 0 Å². The first-order valence-corrected chi connectivity index (χ1v) is 6.23. The minimum atomic E-state index is 0.628. The highest BCUT2D eigenvalue weighted by Gasteiger charge is 2.12. The second-order valence-electron chi connectivity index (χ2n) is 4.61. The number of anilines is 1. The van der Waals surface area contributed by atoms with Crippen molar-refractivity contribution >= 4 is 16.5 Å². The Morgan fingerprint density at radius 2 is 2.29 bits per heavy atom. The third kappa shape index (κ3) is 2.39. The maximum atomic E-state index is 4.12. The second kappa shape index (κ2) is 4.72. The zero-order valence-corrected chi connectivity index (χ0v) is 9.82. The highest BCUT2D eigenvalue weighted by Crippen LogP contribution is 2.18. The molecule has 2 N–H and O–H groups in total. The Hall–Kier alpha value is -1.61. The molecule has 2 heterocycles. The van der Waals surface area contributed by atoms with Gasteiger partial charge < -0.3 is 10.6 Å². The van der Waals surface area contributed by atoms with Crippen LogP contribution in [0.3, 0.4) is 0 Å². The van der Waals surface area contributed by atoms with E-state index in [1.165, 1.54) is 29.3 Å². The molecule has 2 aromatic rings. The lowest BCUT2D eigenvalue weighted by atomic mass is 10.1. The average molecular weight is 227 g/mol. The van der Waals surface area contributed by atoms with Gasteiger partial charge >= 0.3 is 0 Å². The molecule has 1 saturated heterocycles. The van der Waals surface area contributed by atoms with Crippen LogP contribution in [0.5, 0.6) is 0 Å². The summed E-state index contributed by atoms with van der Waals surface area (Å²) in [6.07, 6.45) is 6.32. The molecular formula is C14H17N3. The zero-order valence-electron chi connectivity index (χ0n) is 9.82. The number of nitrogens with one attached hydrogen (secondary N) is 2. The van der Waals surface area contributed by atoms with E-state index in [2.05, 4.69) is 33.8 Å². The summed E-state index contributed by atoms with van der Waals surface area (Å²) in [5.41, 5.74) is 1.19. The Labute approximate surface area is 101 Å². The Bertz CT molecular complexity index is 504. The number of hydrogen-bond acceptors (Lipinski definition) is 3. The average Bonchev–Trinajstić information content (AvgIpc) is 2.89. The van der Waals surface area contributed by atoms with Crippen molar-refractivity contribution in [2.45, 2.75) is 18.9 Å². The van der Waals surface area contributed by atoms with Gasteiger partial charge in [-0.2, -0.15) is 0 Å². The molecule has 0 aliphatic carbocycles. The van der Waals surface area contributed by atoms with E-state index >= 15 is 0 Å². The third-order valence-corrected chi connectivity index (χ3v) is 3.36. The number of benzene rings is 1. The molecule has 1 aromatic heterocycles. The van der Waals surface area contributed by atoms with Crippen molar-refractivity contribution in [3.05, 3.63) is 36.7 Å². The van der Waals surface area contributed by atoms with E-state index in [-0.39, 0.29) is 0 Å². The van der Waals surface area contributed by atoms with Crippen molar-refractivity contribution in [3.63, 3.8) is 0 Å². The monoisotopic (exact) mass is 227 g/mol. The summed E-state index contributed by atoms with van der Waals surface area (Å²) in [5.74, 6) is 0. The molecule has 1 unspecified atom stereocenters. The molecule has 1 aromatic carbocycles. The molecular weight excluding hydrogens is 210 g/mol. The summed E-state index contributed by atoms with van der Waals surface area (Å²) < 4.78 is 0. The van der Waals surface area contributed by atoms with Gasteiger partial charge in [-0.1, -0.05) is 6.07 Å². The molecule has 88 valence electrons. The predicted octanol–water partition coefficient (Wildman–Crippen LogP) is 2.40. The lowest BCUT2D eigenvalue weighted by Gasteiger charge is -2.13. The van der Waals surface area contributed by atoms with Crippen molar-refractivity contribution in [2.75, 3.05) is 18.4 Å². The molecule has 17 heavy (non-hydrogen) atoms. The van der Waals surface area contributed by atoms with Crippen LogP contribution in [0.1, 0.15) is 12.8 Å². The molecule has 3 nitrogen and oxygen atoms in total. The number of rotatable bonds is 3. The Morgan fingerprint density at radius 3 is 3.18 bits per heavy atom. The molecule has 0 bridgehead atoms. The first-order chi connectivity index (χ1) is 8.42. The van der Waals surface area contributed by atoms with E-state index in [0.29, 0.717) is 6.04 Å². The first-order valence-electron chi connectivity index (χ1n) is 6.23. The van der Waals surface area contributed by atoms with Crippen LogP contribution >= 0.6 is 0 Å². The fourth-order valence-corrected chi connectivity index (χ4v) is 2.37. The van der Waals surface area contributed by atoms with Crippen molar-refractivity contribution in [1.82, 2.24) is 10.3 Å². The number of aromatic nitrogens is 1. The lowest BCUT2D eigenvalue weighted by Crippen LogP contribution is -2.29. The van der Waals surface area contributed by atoms with Gasteiger partial charge in [0.25, 0.3) is 0 Å². The summed E-state index contributed by atoms with van der Waals surface area (Å²) >= 11 is 0. The van der Waals surface area contributed by atoms with Gasteiger partial charge in [-0.25, -0.2) is 0 Å². The predicted molar refractivity (Wildman–Crippen MR) is 71.3 cm³/mol. The van der Waals surface area contributed by atoms with Crippen LogP contribution in [0.25, 0.3) is 10.8 Å². The molecule has 1 fully saturated rings. The van der Waals surface area contributed by atoms with E-state index in [9.17, 15) is 0 Å². The largest absolute Gasteiger partial charge is 0.383 e. The summed E-state index contributed by atoms with van der Waals surface area (Å²) in [6, 6.07) is 9.11. The quantitative estimate of drug-likeness (QED) is 0.845. The van der Waals surface area contributed by atoms with Gasteiger partial charge in [-0.3, -0.25) is 4.98 Å². The summed E-state index contributed by atoms with van der Waals surface area (Å²) in [5, 5.41) is 9.42. The Balaban J connectivity index is 1.72. The first kappa shape index (κ1) is 10.5. The summed E-state index contributed by atoms with van der Waals surface area (Å²) in [7, 11) is 0. The highest BCUT2D eigenvalue weighted by molar-refractivity contribution is 5.84. The summed E-state index contributed by atoms with van der Waals surface area (Å²) in [6.45, 7) is 2.17.